The fraction of sp³-hybridized carbons (Fsp3) is 0.833. The Morgan fingerprint density at radius 3 is 2.41 bits per heavy atom. The van der Waals surface area contributed by atoms with Gasteiger partial charge < -0.3 is 15.7 Å². The molecule has 0 aromatic heterocycles. The summed E-state index contributed by atoms with van der Waals surface area (Å²) in [4.78, 5) is 22.1. The Bertz CT molecular complexity index is 242. The number of carbonyl (C=O) groups is 2. The maximum Gasteiger partial charge on any atom is 0.303 e. The summed E-state index contributed by atoms with van der Waals surface area (Å²) in [6, 6.07) is 0. The molecule has 0 bridgehead atoms. The third kappa shape index (κ3) is 9.81. The quantitative estimate of drug-likeness (QED) is 0.562. The van der Waals surface area contributed by atoms with Crippen LogP contribution in [-0.4, -0.2) is 37.1 Å². The van der Waals surface area contributed by atoms with Crippen LogP contribution in [0.4, 0.5) is 0 Å². The van der Waals surface area contributed by atoms with Gasteiger partial charge in [0.1, 0.15) is 0 Å². The van der Waals surface area contributed by atoms with Crippen LogP contribution in [0.15, 0.2) is 0 Å². The molecular formula is C12H24N2O3. The second-order valence-electron chi connectivity index (χ2n) is 4.75. The summed E-state index contributed by atoms with van der Waals surface area (Å²) in [7, 11) is 1.79. The van der Waals surface area contributed by atoms with Gasteiger partial charge in [0.05, 0.1) is 0 Å². The zero-order valence-electron chi connectivity index (χ0n) is 11.0. The molecule has 1 unspecified atom stereocenters. The van der Waals surface area contributed by atoms with E-state index in [1.54, 1.807) is 7.05 Å². The van der Waals surface area contributed by atoms with Crippen LogP contribution in [0.1, 0.15) is 33.1 Å². The zero-order valence-corrected chi connectivity index (χ0v) is 11.0. The summed E-state index contributed by atoms with van der Waals surface area (Å²) < 4.78 is 0. The number of nitrogens with one attached hydrogen (secondary N) is 2. The molecule has 1 atom stereocenters. The lowest BCUT2D eigenvalue weighted by atomic mass is 9.94. The fourth-order valence-corrected chi connectivity index (χ4v) is 1.74. The van der Waals surface area contributed by atoms with Crippen LogP contribution < -0.4 is 10.6 Å². The highest BCUT2D eigenvalue weighted by Gasteiger charge is 2.15. The van der Waals surface area contributed by atoms with E-state index >= 15 is 0 Å². The Labute approximate surface area is 103 Å². The number of carboxylic acids is 1. The van der Waals surface area contributed by atoms with Crippen LogP contribution in [0, 0.1) is 11.8 Å². The number of amides is 1. The van der Waals surface area contributed by atoms with E-state index in [2.05, 4.69) is 24.5 Å². The molecule has 1 amide bonds. The van der Waals surface area contributed by atoms with Gasteiger partial charge in [-0.2, -0.15) is 0 Å². The molecule has 100 valence electrons. The molecule has 0 saturated carbocycles. The Hall–Kier alpha value is -1.10. The minimum atomic E-state index is -0.805. The summed E-state index contributed by atoms with van der Waals surface area (Å²) in [6.07, 6.45) is 1.36. The van der Waals surface area contributed by atoms with Crippen LogP contribution in [0.3, 0.4) is 0 Å². The van der Waals surface area contributed by atoms with E-state index in [1.165, 1.54) is 0 Å². The van der Waals surface area contributed by atoms with Gasteiger partial charge in [-0.25, -0.2) is 0 Å². The first-order chi connectivity index (χ1) is 7.95. The normalized spacial score (nSPS) is 12.5. The van der Waals surface area contributed by atoms with Crippen molar-refractivity contribution in [1.82, 2.24) is 10.6 Å². The molecule has 0 aromatic carbocycles. The van der Waals surface area contributed by atoms with Crippen molar-refractivity contribution in [2.75, 3.05) is 20.1 Å². The van der Waals surface area contributed by atoms with Crippen molar-refractivity contribution in [2.45, 2.75) is 33.1 Å². The lowest BCUT2D eigenvalue weighted by molar-refractivity contribution is -0.138. The van der Waals surface area contributed by atoms with Crippen molar-refractivity contribution in [1.29, 1.82) is 0 Å². The van der Waals surface area contributed by atoms with Crippen LogP contribution in [0.2, 0.25) is 0 Å². The van der Waals surface area contributed by atoms with Crippen LogP contribution in [-0.2, 0) is 9.59 Å². The molecule has 0 aliphatic rings. The summed E-state index contributed by atoms with van der Waals surface area (Å²) in [6.45, 7) is 5.20. The van der Waals surface area contributed by atoms with Crippen LogP contribution in [0.25, 0.3) is 0 Å². The molecule has 0 radical (unpaired) electrons. The molecule has 0 aliphatic heterocycles. The lowest BCUT2D eigenvalue weighted by Gasteiger charge is -2.17. The maximum atomic E-state index is 11.4. The molecule has 3 N–H and O–H groups in total. The summed E-state index contributed by atoms with van der Waals surface area (Å²) in [5.74, 6) is -0.377. The molecule has 0 spiro atoms. The molecule has 0 rings (SSSR count). The van der Waals surface area contributed by atoms with E-state index in [0.29, 0.717) is 25.4 Å². The molecule has 0 saturated heterocycles. The highest BCUT2D eigenvalue weighted by molar-refractivity contribution is 5.76. The first kappa shape index (κ1) is 15.9. The number of hydrogen-bond acceptors (Lipinski definition) is 3. The van der Waals surface area contributed by atoms with Gasteiger partial charge >= 0.3 is 5.97 Å². The van der Waals surface area contributed by atoms with Crippen LogP contribution in [0.5, 0.6) is 0 Å². The first-order valence-electron chi connectivity index (χ1n) is 6.08. The summed E-state index contributed by atoms with van der Waals surface area (Å²) >= 11 is 0. The highest BCUT2D eigenvalue weighted by atomic mass is 16.4. The molecule has 0 aromatic rings. The van der Waals surface area contributed by atoms with Gasteiger partial charge in [0.25, 0.3) is 0 Å². The van der Waals surface area contributed by atoms with Crippen molar-refractivity contribution in [3.63, 3.8) is 0 Å². The molecule has 5 heteroatoms. The van der Waals surface area contributed by atoms with Gasteiger partial charge in [0, 0.05) is 25.9 Å². The second-order valence-corrected chi connectivity index (χ2v) is 4.75. The molecular weight excluding hydrogens is 220 g/mol. The monoisotopic (exact) mass is 244 g/mol. The first-order valence-corrected chi connectivity index (χ1v) is 6.08. The summed E-state index contributed by atoms with van der Waals surface area (Å²) in [5, 5.41) is 14.5. The van der Waals surface area contributed by atoms with Gasteiger partial charge in [-0.3, -0.25) is 9.59 Å². The van der Waals surface area contributed by atoms with E-state index in [9.17, 15) is 9.59 Å². The number of aliphatic carboxylic acids is 1. The average molecular weight is 244 g/mol. The van der Waals surface area contributed by atoms with Gasteiger partial charge in [-0.1, -0.05) is 13.8 Å². The minimum absolute atomic E-state index is 0.0195. The van der Waals surface area contributed by atoms with E-state index in [-0.39, 0.29) is 18.2 Å². The predicted octanol–water partition coefficient (Wildman–Crippen LogP) is 0.849. The lowest BCUT2D eigenvalue weighted by Crippen LogP contribution is -2.32. The van der Waals surface area contributed by atoms with Crippen molar-refractivity contribution in [3.8, 4) is 0 Å². The van der Waals surface area contributed by atoms with E-state index in [4.69, 9.17) is 5.11 Å². The van der Waals surface area contributed by atoms with Crippen LogP contribution >= 0.6 is 0 Å². The second kappa shape index (κ2) is 8.98. The predicted molar refractivity (Wildman–Crippen MR) is 66.8 cm³/mol. The number of carboxylic acid groups (broad SMARTS) is 1. The smallest absolute Gasteiger partial charge is 0.303 e. The van der Waals surface area contributed by atoms with Crippen molar-refractivity contribution in [2.24, 2.45) is 11.8 Å². The molecule has 17 heavy (non-hydrogen) atoms. The number of carbonyl (C=O) groups excluding carboxylic acids is 1. The third-order valence-corrected chi connectivity index (χ3v) is 2.46. The van der Waals surface area contributed by atoms with E-state index < -0.39 is 5.97 Å². The number of rotatable bonds is 9. The van der Waals surface area contributed by atoms with Gasteiger partial charge in [0.2, 0.25) is 5.91 Å². The van der Waals surface area contributed by atoms with E-state index in [1.807, 2.05) is 0 Å². The Morgan fingerprint density at radius 2 is 1.94 bits per heavy atom. The van der Waals surface area contributed by atoms with Crippen molar-refractivity contribution >= 4 is 11.9 Å². The molecule has 5 nitrogen and oxygen atoms in total. The topological polar surface area (TPSA) is 78.4 Å². The van der Waals surface area contributed by atoms with Gasteiger partial charge in [-0.15, -0.1) is 0 Å². The van der Waals surface area contributed by atoms with Crippen molar-refractivity contribution in [3.05, 3.63) is 0 Å². The average Bonchev–Trinajstić information content (AvgIpc) is 2.21. The van der Waals surface area contributed by atoms with Gasteiger partial charge in [-0.05, 0) is 25.3 Å². The molecule has 0 heterocycles. The van der Waals surface area contributed by atoms with E-state index in [0.717, 1.165) is 6.42 Å². The molecule has 0 aliphatic carbocycles. The Balaban J connectivity index is 3.97. The zero-order chi connectivity index (χ0) is 13.3. The summed E-state index contributed by atoms with van der Waals surface area (Å²) in [5.41, 5.74) is 0. The van der Waals surface area contributed by atoms with Gasteiger partial charge in [0.15, 0.2) is 0 Å². The highest BCUT2D eigenvalue weighted by Crippen LogP contribution is 2.14. The Kier molecular flexibility index (Phi) is 8.40. The standard InChI is InChI=1S/C12H24N2O3/c1-9(2)6-10(7-12(16)17)8-14-11(15)4-5-13-3/h9-10,13H,4-8H2,1-3H3,(H,14,15)(H,16,17). The SMILES string of the molecule is CNCCC(=O)NCC(CC(=O)O)CC(C)C. The fourth-order valence-electron chi connectivity index (χ4n) is 1.74. The third-order valence-electron chi connectivity index (χ3n) is 2.46. The Morgan fingerprint density at radius 1 is 1.29 bits per heavy atom. The largest absolute Gasteiger partial charge is 0.481 e. The maximum absolute atomic E-state index is 11.4. The van der Waals surface area contributed by atoms with Crippen molar-refractivity contribution < 1.29 is 14.7 Å². The number of hydrogen-bond donors (Lipinski definition) is 3. The minimum Gasteiger partial charge on any atom is -0.481 e. The molecule has 0 fully saturated rings.